The SMILES string of the molecule is COc1ccc(-n2nc(C(=O)NCC(=O)Nc3ccc(C(C)C)cc3)c3ccccc3c2=O)cc1OC. The molecule has 0 saturated heterocycles. The van der Waals surface area contributed by atoms with Crippen LogP contribution in [0.5, 0.6) is 11.5 Å². The Labute approximate surface area is 214 Å². The highest BCUT2D eigenvalue weighted by molar-refractivity contribution is 6.06. The summed E-state index contributed by atoms with van der Waals surface area (Å²) in [6.07, 6.45) is 0. The third kappa shape index (κ3) is 5.45. The Balaban J connectivity index is 1.60. The van der Waals surface area contributed by atoms with E-state index in [4.69, 9.17) is 9.47 Å². The molecule has 9 nitrogen and oxygen atoms in total. The number of carbonyl (C=O) groups is 2. The maximum Gasteiger partial charge on any atom is 0.279 e. The summed E-state index contributed by atoms with van der Waals surface area (Å²) >= 11 is 0. The van der Waals surface area contributed by atoms with E-state index < -0.39 is 11.5 Å². The van der Waals surface area contributed by atoms with Crippen molar-refractivity contribution >= 4 is 28.3 Å². The summed E-state index contributed by atoms with van der Waals surface area (Å²) in [5, 5.41) is 10.4. The Morgan fingerprint density at radius 2 is 1.59 bits per heavy atom. The van der Waals surface area contributed by atoms with Crippen LogP contribution in [0.2, 0.25) is 0 Å². The van der Waals surface area contributed by atoms with Crippen molar-refractivity contribution in [3.8, 4) is 17.2 Å². The van der Waals surface area contributed by atoms with Gasteiger partial charge in [0.15, 0.2) is 17.2 Å². The van der Waals surface area contributed by atoms with Gasteiger partial charge in [0.05, 0.1) is 31.8 Å². The smallest absolute Gasteiger partial charge is 0.279 e. The molecule has 3 aromatic carbocycles. The Bertz CT molecular complexity index is 1510. The van der Waals surface area contributed by atoms with E-state index in [2.05, 4.69) is 29.6 Å². The van der Waals surface area contributed by atoms with Crippen molar-refractivity contribution in [2.24, 2.45) is 0 Å². The number of fused-ring (bicyclic) bond motifs is 1. The Kier molecular flexibility index (Phi) is 7.52. The van der Waals surface area contributed by atoms with E-state index in [0.29, 0.717) is 39.6 Å². The van der Waals surface area contributed by atoms with Gasteiger partial charge >= 0.3 is 0 Å². The molecule has 0 aliphatic carbocycles. The zero-order valence-corrected chi connectivity index (χ0v) is 21.1. The molecule has 0 aliphatic heterocycles. The quantitative estimate of drug-likeness (QED) is 0.380. The average Bonchev–Trinajstić information content (AvgIpc) is 2.92. The molecule has 190 valence electrons. The van der Waals surface area contributed by atoms with Gasteiger partial charge in [-0.15, -0.1) is 0 Å². The Morgan fingerprint density at radius 3 is 2.24 bits per heavy atom. The van der Waals surface area contributed by atoms with Crippen molar-refractivity contribution in [3.05, 3.63) is 88.3 Å². The number of nitrogens with one attached hydrogen (secondary N) is 2. The number of methoxy groups -OCH3 is 2. The molecule has 1 aromatic heterocycles. The van der Waals surface area contributed by atoms with E-state index in [1.54, 1.807) is 42.5 Å². The standard InChI is InChI=1S/C28H28N4O5/c1-17(2)18-9-11-19(12-10-18)30-25(33)16-29-27(34)26-21-7-5-6-8-22(21)28(35)32(31-26)20-13-14-23(36-3)24(15-20)37-4/h5-15,17H,16H2,1-4H3,(H,29,34)(H,30,33). The van der Waals surface area contributed by atoms with E-state index >= 15 is 0 Å². The first-order valence-corrected chi connectivity index (χ1v) is 11.7. The third-order valence-corrected chi connectivity index (χ3v) is 5.90. The average molecular weight is 501 g/mol. The van der Waals surface area contributed by atoms with E-state index in [1.165, 1.54) is 14.2 Å². The van der Waals surface area contributed by atoms with Gasteiger partial charge in [-0.3, -0.25) is 14.4 Å². The Hall–Kier alpha value is -4.66. The fourth-order valence-electron chi connectivity index (χ4n) is 3.89. The first-order valence-electron chi connectivity index (χ1n) is 11.7. The van der Waals surface area contributed by atoms with Crippen molar-refractivity contribution in [3.63, 3.8) is 0 Å². The van der Waals surface area contributed by atoms with Gasteiger partial charge < -0.3 is 20.1 Å². The van der Waals surface area contributed by atoms with Crippen molar-refractivity contribution in [2.75, 3.05) is 26.1 Å². The van der Waals surface area contributed by atoms with Crippen LogP contribution in [0.3, 0.4) is 0 Å². The highest BCUT2D eigenvalue weighted by Gasteiger charge is 2.19. The van der Waals surface area contributed by atoms with E-state index in [0.717, 1.165) is 10.2 Å². The van der Waals surface area contributed by atoms with Crippen LogP contribution in [0, 0.1) is 0 Å². The van der Waals surface area contributed by atoms with Crippen molar-refractivity contribution in [1.82, 2.24) is 15.1 Å². The van der Waals surface area contributed by atoms with Crippen LogP contribution >= 0.6 is 0 Å². The summed E-state index contributed by atoms with van der Waals surface area (Å²) in [4.78, 5) is 38.8. The molecule has 1 heterocycles. The molecule has 4 aromatic rings. The Morgan fingerprint density at radius 1 is 0.919 bits per heavy atom. The van der Waals surface area contributed by atoms with Crippen LogP contribution in [0.25, 0.3) is 16.5 Å². The molecule has 37 heavy (non-hydrogen) atoms. The fourth-order valence-corrected chi connectivity index (χ4v) is 3.89. The summed E-state index contributed by atoms with van der Waals surface area (Å²) in [6.45, 7) is 3.92. The van der Waals surface area contributed by atoms with E-state index in [9.17, 15) is 14.4 Å². The summed E-state index contributed by atoms with van der Waals surface area (Å²) in [5.41, 5.74) is 1.80. The lowest BCUT2D eigenvalue weighted by atomic mass is 10.0. The summed E-state index contributed by atoms with van der Waals surface area (Å²) in [7, 11) is 3.00. The van der Waals surface area contributed by atoms with Gasteiger partial charge in [-0.1, -0.05) is 44.2 Å². The lowest BCUT2D eigenvalue weighted by Crippen LogP contribution is -2.35. The molecule has 2 N–H and O–H groups in total. The number of hydrogen-bond donors (Lipinski definition) is 2. The van der Waals surface area contributed by atoms with Gasteiger partial charge in [0.2, 0.25) is 5.91 Å². The monoisotopic (exact) mass is 500 g/mol. The van der Waals surface area contributed by atoms with Crippen molar-refractivity contribution < 1.29 is 19.1 Å². The second kappa shape index (κ2) is 10.9. The molecular formula is C28H28N4O5. The van der Waals surface area contributed by atoms with Crippen LogP contribution in [0.4, 0.5) is 5.69 Å². The van der Waals surface area contributed by atoms with Crippen LogP contribution in [-0.2, 0) is 4.79 Å². The first-order chi connectivity index (χ1) is 17.8. The number of carbonyl (C=O) groups excluding carboxylic acids is 2. The lowest BCUT2D eigenvalue weighted by molar-refractivity contribution is -0.115. The number of aromatic nitrogens is 2. The number of benzene rings is 3. The van der Waals surface area contributed by atoms with Gasteiger partial charge in [0, 0.05) is 17.1 Å². The molecule has 4 rings (SSSR count). The summed E-state index contributed by atoms with van der Waals surface area (Å²) in [6, 6.07) is 19.1. The number of ether oxygens (including phenoxy) is 2. The summed E-state index contributed by atoms with van der Waals surface area (Å²) in [5.74, 6) is 0.307. The fraction of sp³-hybridized carbons (Fsp3) is 0.214. The minimum atomic E-state index is -0.587. The number of rotatable bonds is 8. The van der Waals surface area contributed by atoms with Crippen molar-refractivity contribution in [1.29, 1.82) is 0 Å². The molecule has 0 saturated carbocycles. The predicted octanol–water partition coefficient (Wildman–Crippen LogP) is 3.89. The highest BCUT2D eigenvalue weighted by atomic mass is 16.5. The van der Waals surface area contributed by atoms with Crippen LogP contribution in [-0.4, -0.2) is 42.4 Å². The summed E-state index contributed by atoms with van der Waals surface area (Å²) < 4.78 is 11.7. The van der Waals surface area contributed by atoms with Crippen molar-refractivity contribution in [2.45, 2.75) is 19.8 Å². The number of amides is 2. The van der Waals surface area contributed by atoms with Gasteiger partial charge in [-0.05, 0) is 41.8 Å². The molecule has 0 radical (unpaired) electrons. The maximum absolute atomic E-state index is 13.2. The van der Waals surface area contributed by atoms with Gasteiger partial charge in [0.25, 0.3) is 11.5 Å². The molecule has 0 fully saturated rings. The second-order valence-electron chi connectivity index (χ2n) is 8.66. The first kappa shape index (κ1) is 25.4. The zero-order valence-electron chi connectivity index (χ0n) is 21.1. The highest BCUT2D eigenvalue weighted by Crippen LogP contribution is 2.29. The van der Waals surface area contributed by atoms with Crippen LogP contribution < -0.4 is 25.7 Å². The van der Waals surface area contributed by atoms with Gasteiger partial charge in [0.1, 0.15) is 0 Å². The number of anilines is 1. The van der Waals surface area contributed by atoms with E-state index in [1.807, 2.05) is 24.3 Å². The number of nitrogens with zero attached hydrogens (tertiary/aromatic N) is 2. The van der Waals surface area contributed by atoms with Gasteiger partial charge in [-0.25, -0.2) is 0 Å². The normalized spacial score (nSPS) is 10.8. The predicted molar refractivity (Wildman–Crippen MR) is 142 cm³/mol. The largest absolute Gasteiger partial charge is 0.493 e. The zero-order chi connectivity index (χ0) is 26.5. The molecule has 9 heteroatoms. The minimum absolute atomic E-state index is 0.0130. The lowest BCUT2D eigenvalue weighted by Gasteiger charge is -2.13. The van der Waals surface area contributed by atoms with Gasteiger partial charge in [-0.2, -0.15) is 9.78 Å². The second-order valence-corrected chi connectivity index (χ2v) is 8.66. The van der Waals surface area contributed by atoms with Crippen LogP contribution in [0.1, 0.15) is 35.8 Å². The molecule has 0 bridgehead atoms. The molecule has 0 aliphatic rings. The molecule has 0 unspecified atom stereocenters. The third-order valence-electron chi connectivity index (χ3n) is 5.90. The van der Waals surface area contributed by atoms with Crippen LogP contribution in [0.15, 0.2) is 71.5 Å². The van der Waals surface area contributed by atoms with E-state index in [-0.39, 0.29) is 18.1 Å². The molecule has 0 spiro atoms. The topological polar surface area (TPSA) is 112 Å². The minimum Gasteiger partial charge on any atom is -0.493 e. The number of hydrogen-bond acceptors (Lipinski definition) is 6. The molecule has 2 amide bonds. The maximum atomic E-state index is 13.2. The molecule has 0 atom stereocenters. The molecular weight excluding hydrogens is 472 g/mol.